The number of H-pyrrole nitrogens is 1. The van der Waals surface area contributed by atoms with E-state index in [0.29, 0.717) is 29.8 Å². The Morgan fingerprint density at radius 1 is 1.29 bits per heavy atom. The fourth-order valence-corrected chi connectivity index (χ4v) is 2.53. The van der Waals surface area contributed by atoms with Gasteiger partial charge in [-0.2, -0.15) is 5.10 Å². The Morgan fingerprint density at radius 3 is 2.76 bits per heavy atom. The monoisotopic (exact) mass is 283 g/mol. The molecule has 6 heteroatoms. The molecule has 0 saturated carbocycles. The maximum Gasteiger partial charge on any atom is 0.258 e. The predicted molar refractivity (Wildman–Crippen MR) is 81.1 cm³/mol. The van der Waals surface area contributed by atoms with E-state index in [1.165, 1.54) is 0 Å². The molecule has 6 nitrogen and oxygen atoms in total. The summed E-state index contributed by atoms with van der Waals surface area (Å²) in [6.07, 6.45) is 0. The second-order valence-corrected chi connectivity index (χ2v) is 5.04. The Morgan fingerprint density at radius 2 is 2.05 bits per heavy atom. The molecule has 3 N–H and O–H groups in total. The molecule has 0 amide bonds. The third-order valence-electron chi connectivity index (χ3n) is 3.70. The maximum atomic E-state index is 12.1. The van der Waals surface area contributed by atoms with Gasteiger partial charge in [0.05, 0.1) is 23.1 Å². The molecule has 0 aliphatic carbocycles. The number of hydrogen-bond acceptors (Lipinski definition) is 4. The number of aromatic amines is 1. The van der Waals surface area contributed by atoms with Crippen molar-refractivity contribution in [2.24, 2.45) is 5.73 Å². The third kappa shape index (κ3) is 2.34. The van der Waals surface area contributed by atoms with E-state index in [1.807, 2.05) is 36.7 Å². The third-order valence-corrected chi connectivity index (χ3v) is 3.70. The van der Waals surface area contributed by atoms with Gasteiger partial charge in [-0.15, -0.1) is 0 Å². The van der Waals surface area contributed by atoms with Crippen LogP contribution in [0.15, 0.2) is 29.1 Å². The molecule has 0 saturated heterocycles. The van der Waals surface area contributed by atoms with Crippen LogP contribution in [0, 0.1) is 13.8 Å². The number of fused-ring (bicyclic) bond motifs is 1. The van der Waals surface area contributed by atoms with Crippen LogP contribution >= 0.6 is 0 Å². The first kappa shape index (κ1) is 13.5. The van der Waals surface area contributed by atoms with Crippen LogP contribution in [0.4, 0.5) is 0 Å². The minimum atomic E-state index is -0.129. The highest BCUT2D eigenvalue weighted by Crippen LogP contribution is 2.13. The molecule has 2 heterocycles. The average Bonchev–Trinajstić information content (AvgIpc) is 2.73. The van der Waals surface area contributed by atoms with Gasteiger partial charge in [0, 0.05) is 17.8 Å². The zero-order valence-corrected chi connectivity index (χ0v) is 12.1. The number of nitrogens with one attached hydrogen (secondary N) is 1. The lowest BCUT2D eigenvalue weighted by Crippen LogP contribution is -2.15. The molecule has 108 valence electrons. The van der Waals surface area contributed by atoms with Gasteiger partial charge in [-0.05, 0) is 26.0 Å². The molecular weight excluding hydrogens is 266 g/mol. The van der Waals surface area contributed by atoms with Crippen molar-refractivity contribution in [2.45, 2.75) is 26.9 Å². The van der Waals surface area contributed by atoms with Crippen LogP contribution in [0.5, 0.6) is 0 Å². The van der Waals surface area contributed by atoms with E-state index in [-0.39, 0.29) is 5.56 Å². The number of para-hydroxylation sites is 1. The quantitative estimate of drug-likeness (QED) is 0.757. The van der Waals surface area contributed by atoms with Crippen LogP contribution < -0.4 is 11.3 Å². The van der Waals surface area contributed by atoms with Gasteiger partial charge in [0.2, 0.25) is 0 Å². The summed E-state index contributed by atoms with van der Waals surface area (Å²) < 4.78 is 1.82. The number of hydrogen-bond donors (Lipinski definition) is 2. The molecule has 0 aliphatic heterocycles. The number of aryl methyl sites for hydroxylation is 1. The highest BCUT2D eigenvalue weighted by molar-refractivity contribution is 5.77. The van der Waals surface area contributed by atoms with Crippen LogP contribution in [0.1, 0.15) is 22.8 Å². The Labute approximate surface area is 121 Å². The summed E-state index contributed by atoms with van der Waals surface area (Å²) in [5.41, 5.74) is 9.25. The zero-order chi connectivity index (χ0) is 15.0. The Bertz CT molecular complexity index is 862. The van der Waals surface area contributed by atoms with E-state index in [1.54, 1.807) is 6.07 Å². The lowest BCUT2D eigenvalue weighted by Gasteiger charge is -2.06. The average molecular weight is 283 g/mol. The van der Waals surface area contributed by atoms with Gasteiger partial charge in [-0.1, -0.05) is 12.1 Å². The summed E-state index contributed by atoms with van der Waals surface area (Å²) in [5, 5.41) is 5.06. The van der Waals surface area contributed by atoms with Crippen LogP contribution in [0.25, 0.3) is 10.9 Å². The van der Waals surface area contributed by atoms with Crippen molar-refractivity contribution in [3.05, 3.63) is 57.4 Å². The normalized spacial score (nSPS) is 11.2. The van der Waals surface area contributed by atoms with E-state index < -0.39 is 0 Å². The van der Waals surface area contributed by atoms with Crippen molar-refractivity contribution in [2.75, 3.05) is 0 Å². The van der Waals surface area contributed by atoms with Crippen molar-refractivity contribution in [1.29, 1.82) is 0 Å². The molecular formula is C15H17N5O. The summed E-state index contributed by atoms with van der Waals surface area (Å²) in [6.45, 7) is 4.79. The summed E-state index contributed by atoms with van der Waals surface area (Å²) in [7, 11) is 0. The van der Waals surface area contributed by atoms with Crippen LogP contribution in [0.3, 0.4) is 0 Å². The van der Waals surface area contributed by atoms with E-state index in [4.69, 9.17) is 5.73 Å². The topological polar surface area (TPSA) is 89.6 Å². The molecule has 0 bridgehead atoms. The second kappa shape index (κ2) is 5.14. The van der Waals surface area contributed by atoms with Gasteiger partial charge in [-0.25, -0.2) is 4.98 Å². The lowest BCUT2D eigenvalue weighted by molar-refractivity contribution is 0.631. The van der Waals surface area contributed by atoms with E-state index in [0.717, 1.165) is 17.0 Å². The molecule has 21 heavy (non-hydrogen) atoms. The first-order valence-corrected chi connectivity index (χ1v) is 6.81. The number of aromatic nitrogens is 4. The summed E-state index contributed by atoms with van der Waals surface area (Å²) >= 11 is 0. The molecule has 0 unspecified atom stereocenters. The second-order valence-electron chi connectivity index (χ2n) is 5.04. The molecule has 3 aromatic rings. The van der Waals surface area contributed by atoms with E-state index >= 15 is 0 Å². The maximum absolute atomic E-state index is 12.1. The molecule has 0 spiro atoms. The smallest absolute Gasteiger partial charge is 0.258 e. The summed E-state index contributed by atoms with van der Waals surface area (Å²) in [4.78, 5) is 19.4. The first-order chi connectivity index (χ1) is 10.1. The first-order valence-electron chi connectivity index (χ1n) is 6.81. The molecule has 0 aliphatic rings. The molecule has 0 atom stereocenters. The van der Waals surface area contributed by atoms with Gasteiger partial charge in [0.25, 0.3) is 5.56 Å². The fraction of sp³-hybridized carbons (Fsp3) is 0.267. The summed E-state index contributed by atoms with van der Waals surface area (Å²) in [6, 6.07) is 7.29. The van der Waals surface area contributed by atoms with E-state index in [9.17, 15) is 4.79 Å². The van der Waals surface area contributed by atoms with Gasteiger partial charge in [0.15, 0.2) is 0 Å². The zero-order valence-electron chi connectivity index (χ0n) is 12.1. The molecule has 1 aromatic carbocycles. The lowest BCUT2D eigenvalue weighted by atomic mass is 10.2. The highest BCUT2D eigenvalue weighted by atomic mass is 16.1. The van der Waals surface area contributed by atoms with Gasteiger partial charge in [0.1, 0.15) is 5.82 Å². The van der Waals surface area contributed by atoms with Gasteiger partial charge in [-0.3, -0.25) is 9.48 Å². The van der Waals surface area contributed by atoms with Crippen LogP contribution in [-0.2, 0) is 13.1 Å². The molecule has 0 fully saturated rings. The largest absolute Gasteiger partial charge is 0.326 e. The SMILES string of the molecule is Cc1nn(Cc2nc3ccccc3c(=O)[nH]2)c(C)c1CN. The summed E-state index contributed by atoms with van der Waals surface area (Å²) in [5.74, 6) is 0.591. The van der Waals surface area contributed by atoms with Crippen LogP contribution in [0.2, 0.25) is 0 Å². The van der Waals surface area contributed by atoms with E-state index in [2.05, 4.69) is 15.1 Å². The van der Waals surface area contributed by atoms with Gasteiger partial charge >= 0.3 is 0 Å². The molecule has 3 rings (SSSR count). The fourth-order valence-electron chi connectivity index (χ4n) is 2.53. The Kier molecular flexibility index (Phi) is 3.31. The number of nitrogens with zero attached hydrogens (tertiary/aromatic N) is 3. The van der Waals surface area contributed by atoms with Crippen molar-refractivity contribution >= 4 is 10.9 Å². The van der Waals surface area contributed by atoms with Crippen molar-refractivity contribution in [3.63, 3.8) is 0 Å². The Balaban J connectivity index is 2.04. The highest BCUT2D eigenvalue weighted by Gasteiger charge is 2.11. The number of nitrogens with two attached hydrogens (primary N) is 1. The van der Waals surface area contributed by atoms with Crippen LogP contribution in [-0.4, -0.2) is 19.7 Å². The number of rotatable bonds is 3. The van der Waals surface area contributed by atoms with Gasteiger partial charge < -0.3 is 10.7 Å². The Hall–Kier alpha value is -2.47. The molecule has 2 aromatic heterocycles. The van der Waals surface area contributed by atoms with Crippen molar-refractivity contribution in [1.82, 2.24) is 19.7 Å². The minimum absolute atomic E-state index is 0.129. The van der Waals surface area contributed by atoms with Crippen molar-refractivity contribution in [3.8, 4) is 0 Å². The standard InChI is InChI=1S/C15H17N5O/c1-9-12(7-16)10(2)20(19-9)8-14-17-13-6-4-3-5-11(13)15(21)18-14/h3-6H,7-8,16H2,1-2H3,(H,17,18,21). The predicted octanol–water partition coefficient (Wildman–Crippen LogP) is 1.24. The minimum Gasteiger partial charge on any atom is -0.326 e. The number of benzene rings is 1. The molecule has 0 radical (unpaired) electrons. The van der Waals surface area contributed by atoms with Crippen molar-refractivity contribution < 1.29 is 0 Å².